The molecule has 0 amide bonds. The zero-order chi connectivity index (χ0) is 16.4. The number of carbonyl (C=O) groups is 1. The number of rotatable bonds is 3. The van der Waals surface area contributed by atoms with Gasteiger partial charge in [0.2, 0.25) is 0 Å². The highest BCUT2D eigenvalue weighted by molar-refractivity contribution is 5.95. The quantitative estimate of drug-likeness (QED) is 0.726. The summed E-state index contributed by atoms with van der Waals surface area (Å²) in [5.41, 5.74) is 3.30. The van der Waals surface area contributed by atoms with E-state index in [0.717, 1.165) is 22.3 Å². The number of nitrogens with one attached hydrogen (secondary N) is 2. The van der Waals surface area contributed by atoms with Gasteiger partial charge in [-0.15, -0.1) is 0 Å². The van der Waals surface area contributed by atoms with Crippen molar-refractivity contribution in [2.24, 2.45) is 0 Å². The number of methoxy groups -OCH3 is 1. The van der Waals surface area contributed by atoms with E-state index in [9.17, 15) is 10.1 Å². The number of nitriles is 1. The summed E-state index contributed by atoms with van der Waals surface area (Å²) in [7, 11) is 3.12. The van der Waals surface area contributed by atoms with Crippen LogP contribution in [-0.4, -0.2) is 30.3 Å². The Balaban J connectivity index is 2.20. The molecule has 114 valence electrons. The molecule has 0 unspecified atom stereocenters. The predicted octanol–water partition coefficient (Wildman–Crippen LogP) is 2.93. The molecule has 3 aromatic rings. The summed E-state index contributed by atoms with van der Waals surface area (Å²) in [6.07, 6.45) is 0. The third-order valence-corrected chi connectivity index (χ3v) is 3.67. The van der Waals surface area contributed by atoms with Gasteiger partial charge in [0.1, 0.15) is 0 Å². The molecule has 0 bridgehead atoms. The molecule has 0 saturated heterocycles. The van der Waals surface area contributed by atoms with E-state index in [2.05, 4.69) is 21.6 Å². The van der Waals surface area contributed by atoms with Crippen molar-refractivity contribution < 1.29 is 9.53 Å². The minimum Gasteiger partial charge on any atom is -0.465 e. The van der Waals surface area contributed by atoms with Gasteiger partial charge in [0.05, 0.1) is 29.8 Å². The summed E-state index contributed by atoms with van der Waals surface area (Å²) in [4.78, 5) is 11.7. The maximum atomic E-state index is 11.7. The Morgan fingerprint density at radius 1 is 1.30 bits per heavy atom. The number of carbonyl (C=O) groups excluding carboxylic acids is 1. The lowest BCUT2D eigenvalue weighted by Crippen LogP contribution is -2.01. The maximum absolute atomic E-state index is 11.7. The predicted molar refractivity (Wildman–Crippen MR) is 87.1 cm³/mol. The van der Waals surface area contributed by atoms with E-state index < -0.39 is 5.97 Å². The van der Waals surface area contributed by atoms with Crippen LogP contribution in [0.25, 0.3) is 22.0 Å². The second-order valence-corrected chi connectivity index (χ2v) is 4.95. The van der Waals surface area contributed by atoms with Crippen molar-refractivity contribution in [1.29, 1.82) is 5.26 Å². The normalized spacial score (nSPS) is 10.3. The second kappa shape index (κ2) is 5.81. The number of fused-ring (bicyclic) bond motifs is 1. The van der Waals surface area contributed by atoms with Crippen molar-refractivity contribution in [1.82, 2.24) is 10.2 Å². The Hall–Kier alpha value is -3.33. The molecular formula is C17H14N4O2. The van der Waals surface area contributed by atoms with Crippen molar-refractivity contribution in [3.8, 4) is 17.2 Å². The average Bonchev–Trinajstić information content (AvgIpc) is 3.02. The first kappa shape index (κ1) is 14.6. The van der Waals surface area contributed by atoms with Crippen LogP contribution in [0.3, 0.4) is 0 Å². The molecule has 0 saturated carbocycles. The molecule has 1 heterocycles. The molecule has 3 rings (SSSR count). The van der Waals surface area contributed by atoms with Crippen molar-refractivity contribution in [2.75, 3.05) is 19.5 Å². The van der Waals surface area contributed by atoms with Crippen LogP contribution in [0.1, 0.15) is 15.9 Å². The lowest BCUT2D eigenvalue weighted by molar-refractivity contribution is 0.0601. The van der Waals surface area contributed by atoms with E-state index in [1.54, 1.807) is 25.2 Å². The highest BCUT2D eigenvalue weighted by Gasteiger charge is 2.13. The minimum absolute atomic E-state index is 0.405. The van der Waals surface area contributed by atoms with Gasteiger partial charge in [0, 0.05) is 18.0 Å². The molecule has 0 spiro atoms. The van der Waals surface area contributed by atoms with Gasteiger partial charge in [-0.2, -0.15) is 10.4 Å². The molecule has 0 aliphatic carbocycles. The largest absolute Gasteiger partial charge is 0.465 e. The topological polar surface area (TPSA) is 90.8 Å². The Kier molecular flexibility index (Phi) is 3.69. The summed E-state index contributed by atoms with van der Waals surface area (Å²) in [5, 5.41) is 20.4. The highest BCUT2D eigenvalue weighted by atomic mass is 16.5. The number of H-pyrrole nitrogens is 1. The molecule has 23 heavy (non-hydrogen) atoms. The van der Waals surface area contributed by atoms with E-state index in [0.29, 0.717) is 16.7 Å². The van der Waals surface area contributed by atoms with Crippen LogP contribution in [0.15, 0.2) is 36.4 Å². The Labute approximate surface area is 132 Å². The summed E-state index contributed by atoms with van der Waals surface area (Å²) < 4.78 is 4.75. The average molecular weight is 306 g/mol. The van der Waals surface area contributed by atoms with Crippen LogP contribution >= 0.6 is 0 Å². The van der Waals surface area contributed by atoms with E-state index >= 15 is 0 Å². The van der Waals surface area contributed by atoms with Gasteiger partial charge in [-0.05, 0) is 35.9 Å². The fraction of sp³-hybridized carbons (Fsp3) is 0.118. The molecule has 0 atom stereocenters. The molecule has 6 nitrogen and oxygen atoms in total. The molecule has 0 radical (unpaired) electrons. The van der Waals surface area contributed by atoms with E-state index in [4.69, 9.17) is 4.74 Å². The maximum Gasteiger partial charge on any atom is 0.337 e. The van der Waals surface area contributed by atoms with E-state index in [1.807, 2.05) is 18.2 Å². The molecule has 1 aromatic heterocycles. The molecule has 0 fully saturated rings. The van der Waals surface area contributed by atoms with Crippen molar-refractivity contribution >= 4 is 22.7 Å². The Bertz CT molecular complexity index is 937. The number of ether oxygens (including phenoxy) is 1. The number of hydrogen-bond acceptors (Lipinski definition) is 5. The van der Waals surface area contributed by atoms with Gasteiger partial charge < -0.3 is 10.1 Å². The smallest absolute Gasteiger partial charge is 0.337 e. The van der Waals surface area contributed by atoms with Crippen molar-refractivity contribution in [3.05, 3.63) is 47.5 Å². The van der Waals surface area contributed by atoms with Crippen molar-refractivity contribution in [2.45, 2.75) is 0 Å². The van der Waals surface area contributed by atoms with Gasteiger partial charge >= 0.3 is 5.97 Å². The van der Waals surface area contributed by atoms with Crippen LogP contribution in [0, 0.1) is 11.3 Å². The molecule has 6 heteroatoms. The summed E-state index contributed by atoms with van der Waals surface area (Å²) in [6, 6.07) is 12.8. The number of esters is 1. The zero-order valence-corrected chi connectivity index (χ0v) is 12.7. The van der Waals surface area contributed by atoms with Crippen LogP contribution in [-0.2, 0) is 4.74 Å². The fourth-order valence-electron chi connectivity index (χ4n) is 2.50. The standard InChI is InChI=1S/C17H14N4O2/c1-19-16-14-7-10(5-6-15(14)20-21-16)13-8-11(17(22)23-2)3-4-12(13)9-18/h3-8H,1-2H3,(H2,19,20,21). The van der Waals surface area contributed by atoms with E-state index in [1.165, 1.54) is 7.11 Å². The van der Waals surface area contributed by atoms with Gasteiger partial charge in [-0.3, -0.25) is 5.10 Å². The zero-order valence-electron chi connectivity index (χ0n) is 12.7. The molecule has 2 N–H and O–H groups in total. The first-order valence-electron chi connectivity index (χ1n) is 6.96. The number of benzene rings is 2. The first-order valence-corrected chi connectivity index (χ1v) is 6.96. The summed E-state index contributed by atoms with van der Waals surface area (Å²) in [5.74, 6) is 0.292. The highest BCUT2D eigenvalue weighted by Crippen LogP contribution is 2.30. The van der Waals surface area contributed by atoms with Gasteiger partial charge in [-0.1, -0.05) is 6.07 Å². The molecular weight excluding hydrogens is 292 g/mol. The monoisotopic (exact) mass is 306 g/mol. The van der Waals surface area contributed by atoms with Crippen LogP contribution < -0.4 is 5.32 Å². The lowest BCUT2D eigenvalue weighted by atomic mass is 9.97. The van der Waals surface area contributed by atoms with E-state index in [-0.39, 0.29) is 0 Å². The molecule has 0 aliphatic heterocycles. The number of nitrogens with zero attached hydrogens (tertiary/aromatic N) is 2. The number of hydrogen-bond donors (Lipinski definition) is 2. The van der Waals surface area contributed by atoms with Crippen LogP contribution in [0.2, 0.25) is 0 Å². The third-order valence-electron chi connectivity index (χ3n) is 3.67. The Morgan fingerprint density at radius 3 is 2.83 bits per heavy atom. The van der Waals surface area contributed by atoms with Crippen LogP contribution in [0.5, 0.6) is 0 Å². The minimum atomic E-state index is -0.434. The van der Waals surface area contributed by atoms with Crippen LogP contribution in [0.4, 0.5) is 5.82 Å². The third kappa shape index (κ3) is 2.49. The van der Waals surface area contributed by atoms with Gasteiger partial charge in [0.25, 0.3) is 0 Å². The number of aromatic amines is 1. The second-order valence-electron chi connectivity index (χ2n) is 4.95. The fourth-order valence-corrected chi connectivity index (χ4v) is 2.50. The van der Waals surface area contributed by atoms with Gasteiger partial charge in [-0.25, -0.2) is 4.79 Å². The first-order chi connectivity index (χ1) is 11.2. The van der Waals surface area contributed by atoms with Crippen molar-refractivity contribution in [3.63, 3.8) is 0 Å². The SMILES string of the molecule is CNc1n[nH]c2ccc(-c3cc(C(=O)OC)ccc3C#N)cc12. The number of aromatic nitrogens is 2. The Morgan fingerprint density at radius 2 is 2.13 bits per heavy atom. The number of anilines is 1. The lowest BCUT2D eigenvalue weighted by Gasteiger charge is -2.07. The van der Waals surface area contributed by atoms with Gasteiger partial charge in [0.15, 0.2) is 5.82 Å². The summed E-state index contributed by atoms with van der Waals surface area (Å²) >= 11 is 0. The summed E-state index contributed by atoms with van der Waals surface area (Å²) in [6.45, 7) is 0. The molecule has 0 aliphatic rings. The molecule has 2 aromatic carbocycles.